The number of hydrogen-bond donors (Lipinski definition) is 2. The van der Waals surface area contributed by atoms with Crippen molar-refractivity contribution in [1.29, 1.82) is 0 Å². The third-order valence-electron chi connectivity index (χ3n) is 4.14. The highest BCUT2D eigenvalue weighted by atomic mass is 35.5. The maximum Gasteiger partial charge on any atom is 0.262 e. The summed E-state index contributed by atoms with van der Waals surface area (Å²) in [7, 11) is 0. The third kappa shape index (κ3) is 3.77. The van der Waals surface area contributed by atoms with Crippen LogP contribution in [-0.2, 0) is 4.79 Å². The molecule has 0 radical (unpaired) electrons. The lowest BCUT2D eigenvalue weighted by atomic mass is 10.1. The van der Waals surface area contributed by atoms with E-state index >= 15 is 0 Å². The Labute approximate surface area is 166 Å². The molecule has 2 aromatic heterocycles. The van der Waals surface area contributed by atoms with Crippen molar-refractivity contribution in [1.82, 2.24) is 9.38 Å². The molecule has 0 fully saturated rings. The predicted octanol–water partition coefficient (Wildman–Crippen LogP) is 4.25. The van der Waals surface area contributed by atoms with Gasteiger partial charge in [0, 0.05) is 23.6 Å². The first-order valence-electron chi connectivity index (χ1n) is 8.61. The van der Waals surface area contributed by atoms with Crippen molar-refractivity contribution in [2.45, 2.75) is 0 Å². The molecule has 3 N–H and O–H groups in total. The van der Waals surface area contributed by atoms with Gasteiger partial charge in [-0.05, 0) is 36.4 Å². The minimum atomic E-state index is -0.308. The standard InChI is InChI=1S/C21H17ClN4O2/c22-16-7-1-2-8-17(16)24-20(27)13-28-19-9-4-10-26-12-18(25-21(19)26)14-5-3-6-15(23)11-14/h1-12H,13,23H2,(H,24,27). The molecule has 0 aliphatic heterocycles. The highest BCUT2D eigenvalue weighted by Crippen LogP contribution is 2.26. The average Bonchev–Trinajstić information content (AvgIpc) is 3.13. The Kier molecular flexibility index (Phi) is 4.87. The fraction of sp³-hybridized carbons (Fsp3) is 0.0476. The summed E-state index contributed by atoms with van der Waals surface area (Å²) >= 11 is 6.06. The maximum atomic E-state index is 12.2. The zero-order valence-corrected chi connectivity index (χ0v) is 15.6. The molecular weight excluding hydrogens is 376 g/mol. The van der Waals surface area contributed by atoms with Crippen LogP contribution in [0.5, 0.6) is 5.75 Å². The minimum absolute atomic E-state index is 0.161. The number of fused-ring (bicyclic) bond motifs is 1. The number of ether oxygens (including phenoxy) is 1. The Morgan fingerprint density at radius 1 is 1.14 bits per heavy atom. The van der Waals surface area contributed by atoms with Gasteiger partial charge < -0.3 is 20.2 Å². The van der Waals surface area contributed by atoms with E-state index in [2.05, 4.69) is 10.3 Å². The molecule has 2 heterocycles. The van der Waals surface area contributed by atoms with Crippen molar-refractivity contribution in [3.05, 3.63) is 78.1 Å². The van der Waals surface area contributed by atoms with Crippen molar-refractivity contribution in [3.8, 4) is 17.0 Å². The summed E-state index contributed by atoms with van der Waals surface area (Å²) in [4.78, 5) is 16.8. The number of amides is 1. The smallest absolute Gasteiger partial charge is 0.262 e. The summed E-state index contributed by atoms with van der Waals surface area (Å²) in [6.07, 6.45) is 3.76. The number of carbonyl (C=O) groups is 1. The van der Waals surface area contributed by atoms with Gasteiger partial charge in [0.1, 0.15) is 0 Å². The largest absolute Gasteiger partial charge is 0.480 e. The van der Waals surface area contributed by atoms with Crippen LogP contribution in [0.4, 0.5) is 11.4 Å². The predicted molar refractivity (Wildman–Crippen MR) is 111 cm³/mol. The van der Waals surface area contributed by atoms with E-state index < -0.39 is 0 Å². The Bertz CT molecular complexity index is 1160. The quantitative estimate of drug-likeness (QED) is 0.497. The van der Waals surface area contributed by atoms with Crippen LogP contribution in [0.15, 0.2) is 73.1 Å². The van der Waals surface area contributed by atoms with Crippen molar-refractivity contribution >= 4 is 34.5 Å². The highest BCUT2D eigenvalue weighted by Gasteiger charge is 2.11. The maximum absolute atomic E-state index is 12.2. The number of anilines is 2. The van der Waals surface area contributed by atoms with Crippen LogP contribution in [0.25, 0.3) is 16.9 Å². The van der Waals surface area contributed by atoms with E-state index in [-0.39, 0.29) is 12.5 Å². The van der Waals surface area contributed by atoms with Crippen LogP contribution in [0, 0.1) is 0 Å². The molecule has 0 aliphatic rings. The van der Waals surface area contributed by atoms with Crippen LogP contribution in [0.2, 0.25) is 5.02 Å². The van der Waals surface area contributed by atoms with Crippen LogP contribution in [0.3, 0.4) is 0 Å². The molecule has 2 aromatic carbocycles. The second-order valence-corrected chi connectivity index (χ2v) is 6.58. The lowest BCUT2D eigenvalue weighted by Crippen LogP contribution is -2.20. The summed E-state index contributed by atoms with van der Waals surface area (Å²) in [5, 5.41) is 3.20. The molecule has 0 unspecified atom stereocenters. The molecule has 0 saturated heterocycles. The van der Waals surface area contributed by atoms with Gasteiger partial charge in [0.25, 0.3) is 5.91 Å². The minimum Gasteiger partial charge on any atom is -0.480 e. The first-order valence-corrected chi connectivity index (χ1v) is 8.99. The number of carbonyl (C=O) groups excluding carboxylic acids is 1. The number of halogens is 1. The van der Waals surface area contributed by atoms with E-state index in [0.717, 1.165) is 11.3 Å². The van der Waals surface area contributed by atoms with E-state index in [4.69, 9.17) is 22.1 Å². The molecule has 0 aliphatic carbocycles. The number of rotatable bonds is 5. The summed E-state index contributed by atoms with van der Waals surface area (Å²) in [5.74, 6) is 0.199. The lowest BCUT2D eigenvalue weighted by molar-refractivity contribution is -0.118. The van der Waals surface area contributed by atoms with Gasteiger partial charge in [-0.1, -0.05) is 35.9 Å². The Morgan fingerprint density at radius 3 is 2.82 bits per heavy atom. The van der Waals surface area contributed by atoms with Crippen LogP contribution in [0.1, 0.15) is 0 Å². The van der Waals surface area contributed by atoms with Gasteiger partial charge in [0.15, 0.2) is 18.0 Å². The molecule has 0 atom stereocenters. The van der Waals surface area contributed by atoms with Crippen molar-refractivity contribution in [2.75, 3.05) is 17.7 Å². The number of para-hydroxylation sites is 1. The fourth-order valence-electron chi connectivity index (χ4n) is 2.83. The number of nitrogen functional groups attached to an aromatic ring is 1. The third-order valence-corrected chi connectivity index (χ3v) is 4.47. The summed E-state index contributed by atoms with van der Waals surface area (Å²) in [6.45, 7) is -0.161. The number of hydrogen-bond acceptors (Lipinski definition) is 4. The van der Waals surface area contributed by atoms with Crippen molar-refractivity contribution < 1.29 is 9.53 Å². The Hall–Kier alpha value is -3.51. The van der Waals surface area contributed by atoms with Crippen LogP contribution < -0.4 is 15.8 Å². The second-order valence-electron chi connectivity index (χ2n) is 6.17. The highest BCUT2D eigenvalue weighted by molar-refractivity contribution is 6.33. The molecule has 4 aromatic rings. The molecule has 4 rings (SSSR count). The SMILES string of the molecule is Nc1cccc(-c2cn3cccc(OCC(=O)Nc4ccccc4Cl)c3n2)c1. The molecular formula is C21H17ClN4O2. The monoisotopic (exact) mass is 392 g/mol. The first kappa shape index (κ1) is 17.9. The van der Waals surface area contributed by atoms with E-state index in [1.165, 1.54) is 0 Å². The summed E-state index contributed by atoms with van der Waals surface area (Å²) in [6, 6.07) is 18.1. The van der Waals surface area contributed by atoms with E-state index in [1.54, 1.807) is 30.3 Å². The molecule has 7 heteroatoms. The van der Waals surface area contributed by atoms with Gasteiger partial charge in [0.05, 0.1) is 16.4 Å². The van der Waals surface area contributed by atoms with Gasteiger partial charge in [-0.3, -0.25) is 4.79 Å². The number of benzene rings is 2. The second kappa shape index (κ2) is 7.62. The number of nitrogens with two attached hydrogens (primary N) is 1. The Morgan fingerprint density at radius 2 is 2.00 bits per heavy atom. The molecule has 0 spiro atoms. The number of nitrogens with zero attached hydrogens (tertiary/aromatic N) is 2. The average molecular weight is 393 g/mol. The molecule has 28 heavy (non-hydrogen) atoms. The van der Waals surface area contributed by atoms with Crippen molar-refractivity contribution in [2.24, 2.45) is 0 Å². The molecule has 0 saturated carbocycles. The molecule has 140 valence electrons. The number of imidazole rings is 1. The fourth-order valence-corrected chi connectivity index (χ4v) is 3.01. The van der Waals surface area contributed by atoms with Crippen LogP contribution >= 0.6 is 11.6 Å². The number of nitrogens with one attached hydrogen (secondary N) is 1. The zero-order valence-electron chi connectivity index (χ0n) is 14.8. The van der Waals surface area contributed by atoms with E-state index in [1.807, 2.05) is 47.1 Å². The van der Waals surface area contributed by atoms with Crippen molar-refractivity contribution in [3.63, 3.8) is 0 Å². The van der Waals surface area contributed by atoms with E-state index in [0.29, 0.717) is 27.8 Å². The van der Waals surface area contributed by atoms with Gasteiger partial charge in [0.2, 0.25) is 0 Å². The van der Waals surface area contributed by atoms with Crippen LogP contribution in [-0.4, -0.2) is 21.9 Å². The number of aromatic nitrogens is 2. The normalized spacial score (nSPS) is 10.8. The van der Waals surface area contributed by atoms with Gasteiger partial charge in [-0.15, -0.1) is 0 Å². The summed E-state index contributed by atoms with van der Waals surface area (Å²) in [5.41, 5.74) is 9.37. The summed E-state index contributed by atoms with van der Waals surface area (Å²) < 4.78 is 7.55. The number of pyridine rings is 1. The topological polar surface area (TPSA) is 81.6 Å². The van der Waals surface area contributed by atoms with Gasteiger partial charge >= 0.3 is 0 Å². The molecule has 6 nitrogen and oxygen atoms in total. The van der Waals surface area contributed by atoms with Gasteiger partial charge in [-0.2, -0.15) is 0 Å². The van der Waals surface area contributed by atoms with Gasteiger partial charge in [-0.25, -0.2) is 4.98 Å². The first-order chi connectivity index (χ1) is 13.6. The Balaban J connectivity index is 1.52. The molecule has 0 bridgehead atoms. The lowest BCUT2D eigenvalue weighted by Gasteiger charge is -2.09. The van der Waals surface area contributed by atoms with E-state index in [9.17, 15) is 4.79 Å². The molecule has 1 amide bonds. The zero-order chi connectivity index (χ0) is 19.5.